The zero-order chi connectivity index (χ0) is 28.4. The Hall–Kier alpha value is -2.16. The lowest BCUT2D eigenvalue weighted by Crippen LogP contribution is -2.36. The molecular formula is C30H49NO6S. The number of allylic oxidation sites excluding steroid dienone is 4. The van der Waals surface area contributed by atoms with Gasteiger partial charge in [0, 0.05) is 12.5 Å². The Kier molecular flexibility index (Phi) is 16.9. The van der Waals surface area contributed by atoms with Crippen LogP contribution in [0.1, 0.15) is 109 Å². The van der Waals surface area contributed by atoms with Crippen LogP contribution >= 0.6 is 0 Å². The monoisotopic (exact) mass is 551 g/mol. The van der Waals surface area contributed by atoms with Gasteiger partial charge in [0.1, 0.15) is 6.10 Å². The number of benzene rings is 1. The van der Waals surface area contributed by atoms with Gasteiger partial charge in [-0.1, -0.05) is 89.7 Å². The molecular weight excluding hydrogens is 502 g/mol. The smallest absolute Gasteiger partial charge is 0.311 e. The number of aromatic hydroxyl groups is 1. The minimum Gasteiger partial charge on any atom is -0.504 e. The predicted octanol–water partition coefficient (Wildman–Crippen LogP) is 7.11. The summed E-state index contributed by atoms with van der Waals surface area (Å²) in [5.74, 6) is -0.717. The first-order valence-corrected chi connectivity index (χ1v) is 15.8. The maximum atomic E-state index is 12.2. The van der Waals surface area contributed by atoms with Gasteiger partial charge in [-0.15, -0.1) is 0 Å². The number of phenols is 1. The second kappa shape index (κ2) is 19.0. The van der Waals surface area contributed by atoms with Crippen molar-refractivity contribution < 1.29 is 27.2 Å². The Morgan fingerprint density at radius 3 is 2.16 bits per heavy atom. The molecule has 0 saturated carbocycles. The molecule has 7 nitrogen and oxygen atoms in total. The molecule has 8 heteroatoms. The third-order valence-corrected chi connectivity index (χ3v) is 6.82. The van der Waals surface area contributed by atoms with E-state index < -0.39 is 28.2 Å². The summed E-state index contributed by atoms with van der Waals surface area (Å²) in [5, 5.41) is 10.4. The first kappa shape index (κ1) is 33.9. The van der Waals surface area contributed by atoms with Crippen molar-refractivity contribution in [2.75, 3.05) is 6.26 Å². The molecule has 0 bridgehead atoms. The van der Waals surface area contributed by atoms with Crippen molar-refractivity contribution in [3.05, 3.63) is 48.1 Å². The van der Waals surface area contributed by atoms with E-state index in [1.165, 1.54) is 44.2 Å². The van der Waals surface area contributed by atoms with Crippen LogP contribution in [-0.2, 0) is 19.1 Å². The van der Waals surface area contributed by atoms with E-state index in [0.717, 1.165) is 44.8 Å². The molecule has 0 aliphatic heterocycles. The van der Waals surface area contributed by atoms with Crippen LogP contribution in [0.5, 0.6) is 11.5 Å². The number of nitrogens with two attached hydrogens (primary N) is 1. The second-order valence-electron chi connectivity index (χ2n) is 10.2. The van der Waals surface area contributed by atoms with Gasteiger partial charge in [0.2, 0.25) is 0 Å². The molecule has 0 fully saturated rings. The Balaban J connectivity index is 2.33. The van der Waals surface area contributed by atoms with Crippen LogP contribution in [0.3, 0.4) is 0 Å². The molecule has 216 valence electrons. The molecule has 3 N–H and O–H groups in total. The number of unbranched alkanes of at least 4 members (excludes halogenated alkanes) is 8. The van der Waals surface area contributed by atoms with Crippen molar-refractivity contribution >= 4 is 16.1 Å². The van der Waals surface area contributed by atoms with Crippen molar-refractivity contribution in [1.29, 1.82) is 0 Å². The summed E-state index contributed by atoms with van der Waals surface area (Å²) in [7, 11) is -3.77. The molecule has 38 heavy (non-hydrogen) atoms. The van der Waals surface area contributed by atoms with Crippen molar-refractivity contribution in [2.45, 2.75) is 110 Å². The fourth-order valence-corrected chi connectivity index (χ4v) is 4.53. The van der Waals surface area contributed by atoms with Crippen molar-refractivity contribution in [2.24, 2.45) is 11.7 Å². The lowest BCUT2D eigenvalue weighted by molar-refractivity contribution is -0.134. The summed E-state index contributed by atoms with van der Waals surface area (Å²) >= 11 is 0. The molecule has 1 aromatic carbocycles. The van der Waals surface area contributed by atoms with Crippen LogP contribution in [0.25, 0.3) is 0 Å². The van der Waals surface area contributed by atoms with Gasteiger partial charge in [-0.3, -0.25) is 8.98 Å². The van der Waals surface area contributed by atoms with Gasteiger partial charge in [0.15, 0.2) is 11.5 Å². The molecule has 1 rings (SSSR count). The van der Waals surface area contributed by atoms with Crippen molar-refractivity contribution in [3.8, 4) is 11.5 Å². The highest BCUT2D eigenvalue weighted by Crippen LogP contribution is 2.33. The summed E-state index contributed by atoms with van der Waals surface area (Å²) in [5.41, 5.74) is 6.55. The zero-order valence-electron chi connectivity index (χ0n) is 23.7. The molecule has 0 heterocycles. The van der Waals surface area contributed by atoms with Crippen molar-refractivity contribution in [3.63, 3.8) is 0 Å². The summed E-state index contributed by atoms with van der Waals surface area (Å²) in [6.07, 6.45) is 21.4. The third-order valence-electron chi connectivity index (χ3n) is 6.26. The number of hydrogen-bond acceptors (Lipinski definition) is 7. The second-order valence-corrected chi connectivity index (χ2v) is 11.8. The highest BCUT2D eigenvalue weighted by atomic mass is 32.2. The summed E-state index contributed by atoms with van der Waals surface area (Å²) in [4.78, 5) is 12.2. The van der Waals surface area contributed by atoms with E-state index in [0.29, 0.717) is 5.56 Å². The fourth-order valence-electron chi connectivity index (χ4n) is 3.92. The van der Waals surface area contributed by atoms with Gasteiger partial charge in [0.05, 0.1) is 6.26 Å². The molecule has 0 radical (unpaired) electrons. The van der Waals surface area contributed by atoms with Gasteiger partial charge >= 0.3 is 5.97 Å². The normalized spacial score (nSPS) is 13.9. The fraction of sp³-hybridized carbons (Fsp3) is 0.633. The number of hydrogen-bond donors (Lipinski definition) is 2. The maximum absolute atomic E-state index is 12.2. The lowest BCUT2D eigenvalue weighted by Gasteiger charge is -2.26. The highest BCUT2D eigenvalue weighted by Gasteiger charge is 2.28. The summed E-state index contributed by atoms with van der Waals surface area (Å²) < 4.78 is 33.9. The van der Waals surface area contributed by atoms with Gasteiger partial charge in [0.25, 0.3) is 10.1 Å². The van der Waals surface area contributed by atoms with Gasteiger partial charge in [-0.05, 0) is 55.7 Å². The first-order chi connectivity index (χ1) is 18.0. The van der Waals surface area contributed by atoms with Crippen molar-refractivity contribution in [1.82, 2.24) is 0 Å². The number of rotatable bonds is 20. The zero-order valence-corrected chi connectivity index (χ0v) is 24.5. The van der Waals surface area contributed by atoms with Crippen LogP contribution in [0, 0.1) is 5.92 Å². The number of esters is 1. The Morgan fingerprint density at radius 1 is 0.974 bits per heavy atom. The van der Waals surface area contributed by atoms with E-state index in [4.69, 9.17) is 14.7 Å². The maximum Gasteiger partial charge on any atom is 0.311 e. The predicted molar refractivity (Wildman–Crippen MR) is 155 cm³/mol. The molecule has 0 aliphatic rings. The third kappa shape index (κ3) is 15.3. The Bertz CT molecular complexity index is 971. The largest absolute Gasteiger partial charge is 0.504 e. The topological polar surface area (TPSA) is 116 Å². The van der Waals surface area contributed by atoms with Crippen LogP contribution in [0.15, 0.2) is 42.5 Å². The van der Waals surface area contributed by atoms with Crippen LogP contribution in [0.2, 0.25) is 0 Å². The van der Waals surface area contributed by atoms with Gasteiger partial charge in [-0.25, -0.2) is 0 Å². The van der Waals surface area contributed by atoms with E-state index in [2.05, 4.69) is 31.2 Å². The first-order valence-electron chi connectivity index (χ1n) is 14.0. The summed E-state index contributed by atoms with van der Waals surface area (Å²) in [6.45, 7) is 5.92. The Morgan fingerprint density at radius 2 is 1.58 bits per heavy atom. The molecule has 0 amide bonds. The number of phenolic OH excluding ortho intramolecular Hbond substituents is 1. The summed E-state index contributed by atoms with van der Waals surface area (Å²) in [6, 6.07) is 3.71. The van der Waals surface area contributed by atoms with Crippen LogP contribution < -0.4 is 10.5 Å². The highest BCUT2D eigenvalue weighted by molar-refractivity contribution is 7.86. The van der Waals surface area contributed by atoms with E-state index in [-0.39, 0.29) is 23.8 Å². The average molecular weight is 552 g/mol. The lowest BCUT2D eigenvalue weighted by atomic mass is 9.94. The standard InChI is InChI=1S/C30H49NO6S/c1-5-6-7-8-9-10-11-12-13-14-15-16-17-18-19-20-28(33)36-27-22-21-25(23-26(27)32)30(29(31)24(2)3)37-38(4,34)35/h8-9,11-12,21-24,29-30,32H,5-7,10,13-20,31H2,1-4H3/b9-8+,12-11+. The van der Waals surface area contributed by atoms with E-state index in [1.54, 1.807) is 6.07 Å². The van der Waals surface area contributed by atoms with E-state index in [9.17, 15) is 18.3 Å². The van der Waals surface area contributed by atoms with Crippen LogP contribution in [-0.4, -0.2) is 31.8 Å². The Labute approximate surface area is 230 Å². The van der Waals surface area contributed by atoms with E-state index in [1.807, 2.05) is 13.8 Å². The van der Waals surface area contributed by atoms with Crippen LogP contribution in [0.4, 0.5) is 0 Å². The quantitative estimate of drug-likeness (QED) is 0.0583. The van der Waals surface area contributed by atoms with Gasteiger partial charge in [-0.2, -0.15) is 8.42 Å². The SMILES string of the molecule is CCCC/C=C/C/C=C/CCCCCCCCC(=O)Oc1ccc(C(OS(C)(=O)=O)C(N)C(C)C)cc1O. The minimum absolute atomic E-state index is 0.0273. The number of ether oxygens (including phenoxy) is 1. The molecule has 0 aromatic heterocycles. The van der Waals surface area contributed by atoms with Gasteiger partial charge < -0.3 is 15.6 Å². The average Bonchev–Trinajstić information content (AvgIpc) is 2.85. The van der Waals surface area contributed by atoms with E-state index >= 15 is 0 Å². The minimum atomic E-state index is -3.77. The molecule has 0 aliphatic carbocycles. The molecule has 1 aromatic rings. The number of carbonyl (C=O) groups excluding carboxylic acids is 1. The molecule has 2 atom stereocenters. The molecule has 0 spiro atoms. The molecule has 2 unspecified atom stereocenters. The number of carbonyl (C=O) groups is 1. The molecule has 0 saturated heterocycles.